The summed E-state index contributed by atoms with van der Waals surface area (Å²) in [6, 6.07) is 7.14. The van der Waals surface area contributed by atoms with Crippen molar-refractivity contribution in [2.75, 3.05) is 11.0 Å². The molecule has 53 heavy (non-hydrogen) atoms. The first-order valence-corrected chi connectivity index (χ1v) is 18.3. The quantitative estimate of drug-likeness (QED) is 0.119. The molecule has 3 aromatic heterocycles. The van der Waals surface area contributed by atoms with Gasteiger partial charge in [0.05, 0.1) is 33.9 Å². The zero-order chi connectivity index (χ0) is 38.6. The van der Waals surface area contributed by atoms with Gasteiger partial charge >= 0.3 is 6.18 Å². The van der Waals surface area contributed by atoms with Crippen molar-refractivity contribution in [3.8, 4) is 11.1 Å². The molecule has 3 atom stereocenters. The van der Waals surface area contributed by atoms with Crippen LogP contribution in [0.5, 0.6) is 0 Å². The molecule has 0 unspecified atom stereocenters. The van der Waals surface area contributed by atoms with E-state index in [9.17, 15) is 35.2 Å². The molecule has 0 bridgehead atoms. The SMILES string of the molecule is Cn1nc(NS(C)(=O)=O)c2c(Cl)ccc(-c3ccc(Cl)nc3[C@H](Cc3cc(F)cc(F)c3)NC(=O)Cn3nc(C(F)(F)F)c4c3C(F)(F)[C@@H]3C[C@]43C)c21. The fraction of sp³-hybridized carbons (Fsp3) is 0.333. The molecule has 2 aliphatic carbocycles. The third-order valence-electron chi connectivity index (χ3n) is 9.50. The predicted molar refractivity (Wildman–Crippen MR) is 180 cm³/mol. The van der Waals surface area contributed by atoms with Gasteiger partial charge in [-0.05, 0) is 48.7 Å². The molecule has 10 nitrogen and oxygen atoms in total. The van der Waals surface area contributed by atoms with Crippen molar-refractivity contribution in [2.24, 2.45) is 13.0 Å². The molecule has 5 aromatic rings. The van der Waals surface area contributed by atoms with E-state index in [0.717, 1.165) is 18.4 Å². The van der Waals surface area contributed by atoms with Crippen molar-refractivity contribution in [3.05, 3.63) is 92.5 Å². The molecule has 1 saturated carbocycles. The van der Waals surface area contributed by atoms with Crippen LogP contribution in [0.25, 0.3) is 22.0 Å². The average molecular weight is 805 g/mol. The first-order chi connectivity index (χ1) is 24.6. The third kappa shape index (κ3) is 6.47. The van der Waals surface area contributed by atoms with Crippen LogP contribution in [0.3, 0.4) is 0 Å². The largest absolute Gasteiger partial charge is 0.435 e. The zero-order valence-electron chi connectivity index (χ0n) is 27.6. The molecule has 2 aromatic carbocycles. The lowest BCUT2D eigenvalue weighted by Crippen LogP contribution is -2.35. The van der Waals surface area contributed by atoms with E-state index in [2.05, 4.69) is 25.2 Å². The Labute approximate surface area is 306 Å². The lowest BCUT2D eigenvalue weighted by Gasteiger charge is -2.23. The van der Waals surface area contributed by atoms with Crippen LogP contribution in [-0.4, -0.2) is 45.1 Å². The van der Waals surface area contributed by atoms with Gasteiger partial charge in [0.1, 0.15) is 29.0 Å². The minimum Gasteiger partial charge on any atom is -0.346 e. The van der Waals surface area contributed by atoms with Crippen molar-refractivity contribution in [3.63, 3.8) is 0 Å². The maximum Gasteiger partial charge on any atom is 0.435 e. The Hall–Kier alpha value is -4.42. The molecular weight excluding hydrogens is 778 g/mol. The zero-order valence-corrected chi connectivity index (χ0v) is 29.9. The predicted octanol–water partition coefficient (Wildman–Crippen LogP) is 7.29. The van der Waals surface area contributed by atoms with Crippen LogP contribution in [0.1, 0.15) is 47.6 Å². The number of pyridine rings is 1. The lowest BCUT2D eigenvalue weighted by atomic mass is 9.94. The number of aromatic nitrogens is 5. The smallest absolute Gasteiger partial charge is 0.346 e. The summed E-state index contributed by atoms with van der Waals surface area (Å²) in [4.78, 5) is 18.2. The van der Waals surface area contributed by atoms with E-state index >= 15 is 8.78 Å². The lowest BCUT2D eigenvalue weighted by molar-refractivity contribution is -0.142. The molecule has 0 saturated heterocycles. The highest BCUT2D eigenvalue weighted by Crippen LogP contribution is 2.72. The van der Waals surface area contributed by atoms with Gasteiger partial charge in [-0.25, -0.2) is 22.2 Å². The van der Waals surface area contributed by atoms with Crippen LogP contribution >= 0.6 is 23.2 Å². The second-order valence-electron chi connectivity index (χ2n) is 13.4. The van der Waals surface area contributed by atoms with E-state index in [4.69, 9.17) is 23.2 Å². The number of halogens is 9. The highest BCUT2D eigenvalue weighted by atomic mass is 35.5. The first-order valence-electron chi connectivity index (χ1n) is 15.7. The van der Waals surface area contributed by atoms with Crippen LogP contribution in [0.2, 0.25) is 10.2 Å². The highest BCUT2D eigenvalue weighted by molar-refractivity contribution is 7.92. The van der Waals surface area contributed by atoms with Gasteiger partial charge in [0.25, 0.3) is 5.92 Å². The number of nitrogens with zero attached hydrogens (tertiary/aromatic N) is 5. The Morgan fingerprint density at radius 1 is 1.06 bits per heavy atom. The molecule has 1 amide bonds. The maximum absolute atomic E-state index is 15.5. The number of hydrogen-bond acceptors (Lipinski definition) is 6. The summed E-state index contributed by atoms with van der Waals surface area (Å²) in [6.07, 6.45) is -4.71. The fourth-order valence-corrected chi connectivity index (χ4v) is 8.22. The second kappa shape index (κ2) is 12.3. The van der Waals surface area contributed by atoms with E-state index in [0.29, 0.717) is 16.3 Å². The number of rotatable bonds is 9. The minimum absolute atomic E-state index is 0.0147. The summed E-state index contributed by atoms with van der Waals surface area (Å²) < 4.78 is 130. The summed E-state index contributed by atoms with van der Waals surface area (Å²) in [5.74, 6) is -8.18. The van der Waals surface area contributed by atoms with Crippen molar-refractivity contribution >= 4 is 55.9 Å². The molecule has 1 fully saturated rings. The molecule has 20 heteroatoms. The molecule has 3 heterocycles. The molecule has 0 aliphatic heterocycles. The van der Waals surface area contributed by atoms with E-state index in [1.807, 2.05) is 0 Å². The van der Waals surface area contributed by atoms with Gasteiger partial charge in [0.15, 0.2) is 11.5 Å². The molecular formula is C33H26Cl2F7N7O3S. The number of alkyl halides is 5. The normalized spacial score (nSPS) is 19.6. The van der Waals surface area contributed by atoms with Gasteiger partial charge in [0, 0.05) is 41.1 Å². The number of carbonyl (C=O) groups is 1. The Kier molecular flexibility index (Phi) is 8.57. The minimum atomic E-state index is -5.08. The van der Waals surface area contributed by atoms with Crippen LogP contribution in [-0.2, 0) is 52.3 Å². The maximum atomic E-state index is 15.5. The molecule has 280 valence electrons. The Morgan fingerprint density at radius 2 is 1.72 bits per heavy atom. The Bertz CT molecular complexity index is 2450. The average Bonchev–Trinajstić information content (AvgIpc) is 3.31. The van der Waals surface area contributed by atoms with Gasteiger partial charge in [-0.1, -0.05) is 36.2 Å². The number of fused-ring (bicyclic) bond motifs is 4. The molecule has 7 rings (SSSR count). The monoisotopic (exact) mass is 803 g/mol. The van der Waals surface area contributed by atoms with Gasteiger partial charge in [0.2, 0.25) is 15.9 Å². The van der Waals surface area contributed by atoms with Crippen LogP contribution in [0, 0.1) is 17.6 Å². The van der Waals surface area contributed by atoms with E-state index in [-0.39, 0.29) is 56.6 Å². The summed E-state index contributed by atoms with van der Waals surface area (Å²) in [5.41, 5.74) is -3.75. The number of benzene rings is 2. The molecule has 2 N–H and O–H groups in total. The van der Waals surface area contributed by atoms with E-state index in [1.54, 1.807) is 6.07 Å². The molecule has 0 radical (unpaired) electrons. The summed E-state index contributed by atoms with van der Waals surface area (Å²) >= 11 is 12.8. The van der Waals surface area contributed by atoms with Crippen molar-refractivity contribution in [2.45, 2.75) is 49.9 Å². The summed E-state index contributed by atoms with van der Waals surface area (Å²) in [5, 5.41) is 10.5. The van der Waals surface area contributed by atoms with Crippen LogP contribution in [0.15, 0.2) is 42.5 Å². The Balaban J connectivity index is 1.34. The number of aryl methyl sites for hydroxylation is 1. The van der Waals surface area contributed by atoms with Gasteiger partial charge < -0.3 is 5.32 Å². The highest BCUT2D eigenvalue weighted by Gasteiger charge is 2.75. The van der Waals surface area contributed by atoms with Crippen molar-refractivity contribution in [1.82, 2.24) is 29.9 Å². The summed E-state index contributed by atoms with van der Waals surface area (Å²) in [7, 11) is -2.31. The number of anilines is 1. The standard InChI is InChI=1S/C33H26Cl2F7N7O3S/c1-31-12-21(31)32(38,39)29-25(31)28(33(40,41)42)45-49(29)13-23(50)43-20(10-14-8-15(36)11-16(37)9-14)26-17(5-7-22(35)44-26)18-4-6-19(34)24-27(18)48(2)46-30(24)47-53(3,51)52/h4-9,11,20-21H,10,12-13H2,1-3H3,(H,43,50)(H,46,47)/t20-,21+,31-/m0/s1. The van der Waals surface area contributed by atoms with E-state index < -0.39 is 80.5 Å². The van der Waals surface area contributed by atoms with E-state index in [1.165, 1.54) is 36.9 Å². The van der Waals surface area contributed by atoms with Crippen LogP contribution in [0.4, 0.5) is 36.6 Å². The van der Waals surface area contributed by atoms with Crippen molar-refractivity contribution < 1.29 is 43.9 Å². The van der Waals surface area contributed by atoms with Gasteiger partial charge in [-0.15, -0.1) is 0 Å². The van der Waals surface area contributed by atoms with Crippen molar-refractivity contribution in [1.29, 1.82) is 0 Å². The molecule has 0 spiro atoms. The number of nitrogens with one attached hydrogen (secondary N) is 2. The second-order valence-corrected chi connectivity index (χ2v) is 15.9. The number of sulfonamides is 1. The molecule has 2 aliphatic rings. The topological polar surface area (TPSA) is 124 Å². The summed E-state index contributed by atoms with van der Waals surface area (Å²) in [6.45, 7) is 0.226. The van der Waals surface area contributed by atoms with Gasteiger partial charge in [-0.2, -0.15) is 32.1 Å². The fourth-order valence-electron chi connectivity index (χ4n) is 7.33. The number of hydrogen-bond donors (Lipinski definition) is 2. The Morgan fingerprint density at radius 3 is 2.36 bits per heavy atom. The van der Waals surface area contributed by atoms with Crippen LogP contribution < -0.4 is 10.0 Å². The number of amides is 1. The third-order valence-corrected chi connectivity index (χ3v) is 10.6. The van der Waals surface area contributed by atoms with Gasteiger partial charge in [-0.3, -0.25) is 18.9 Å². The first kappa shape index (κ1) is 36.9. The number of carbonyl (C=O) groups excluding carboxylic acids is 1.